The van der Waals surface area contributed by atoms with E-state index in [0.717, 1.165) is 36.8 Å². The fourth-order valence-corrected chi connectivity index (χ4v) is 2.68. The summed E-state index contributed by atoms with van der Waals surface area (Å²) in [6, 6.07) is 2.43. The predicted molar refractivity (Wildman–Crippen MR) is 82.3 cm³/mol. The average molecular weight is 307 g/mol. The molecular weight excluding hydrogens is 288 g/mol. The van der Waals surface area contributed by atoms with Crippen LogP contribution in [0.5, 0.6) is 0 Å². The number of nitrogens with zero attached hydrogens (tertiary/aromatic N) is 5. The van der Waals surface area contributed by atoms with E-state index >= 15 is 0 Å². The molecule has 0 atom stereocenters. The molecule has 0 saturated carbocycles. The Hall–Kier alpha value is -1.66. The number of halogens is 1. The molecule has 0 spiro atoms. The van der Waals surface area contributed by atoms with Crippen LogP contribution in [0, 0.1) is 0 Å². The van der Waals surface area contributed by atoms with Crippen molar-refractivity contribution in [3.05, 3.63) is 35.0 Å². The second kappa shape index (κ2) is 5.99. The Morgan fingerprint density at radius 1 is 1.38 bits per heavy atom. The van der Waals surface area contributed by atoms with Crippen LogP contribution in [0.1, 0.15) is 25.2 Å². The van der Waals surface area contributed by atoms with Crippen molar-refractivity contribution < 1.29 is 0 Å². The highest BCUT2D eigenvalue weighted by Gasteiger charge is 2.20. The van der Waals surface area contributed by atoms with E-state index in [0.29, 0.717) is 17.6 Å². The van der Waals surface area contributed by atoms with Crippen molar-refractivity contribution in [2.45, 2.75) is 39.5 Å². The molecule has 6 nitrogen and oxygen atoms in total. The number of anilines is 1. The zero-order valence-corrected chi connectivity index (χ0v) is 13.0. The van der Waals surface area contributed by atoms with E-state index in [9.17, 15) is 0 Å². The molecule has 0 amide bonds. The van der Waals surface area contributed by atoms with Crippen molar-refractivity contribution in [2.75, 3.05) is 11.4 Å². The van der Waals surface area contributed by atoms with Gasteiger partial charge in [-0.1, -0.05) is 25.4 Å². The number of hydrogen-bond donors (Lipinski definition) is 1. The maximum absolute atomic E-state index is 6.40. The third-order valence-electron chi connectivity index (χ3n) is 3.53. The first kappa shape index (κ1) is 14.3. The lowest BCUT2D eigenvalue weighted by Crippen LogP contribution is -2.34. The van der Waals surface area contributed by atoms with E-state index in [1.807, 2.05) is 12.3 Å². The van der Waals surface area contributed by atoms with Gasteiger partial charge in [-0.2, -0.15) is 0 Å². The highest BCUT2D eigenvalue weighted by molar-refractivity contribution is 6.33. The summed E-state index contributed by atoms with van der Waals surface area (Å²) in [5, 5.41) is 12.1. The van der Waals surface area contributed by atoms with Crippen molar-refractivity contribution in [3.8, 4) is 0 Å². The summed E-state index contributed by atoms with van der Waals surface area (Å²) in [4.78, 5) is 6.68. The van der Waals surface area contributed by atoms with Crippen molar-refractivity contribution in [1.29, 1.82) is 0 Å². The van der Waals surface area contributed by atoms with E-state index < -0.39 is 0 Å². The molecule has 112 valence electrons. The zero-order valence-electron chi connectivity index (χ0n) is 12.3. The maximum Gasteiger partial charge on any atom is 0.152 e. The maximum atomic E-state index is 6.40. The molecule has 0 aliphatic carbocycles. The summed E-state index contributed by atoms with van der Waals surface area (Å²) in [5.74, 6) is 1.77. The summed E-state index contributed by atoms with van der Waals surface area (Å²) >= 11 is 6.40. The summed E-state index contributed by atoms with van der Waals surface area (Å²) in [6.45, 7) is 7.42. The van der Waals surface area contributed by atoms with Gasteiger partial charge in [0.1, 0.15) is 12.1 Å². The monoisotopic (exact) mass is 306 g/mol. The van der Waals surface area contributed by atoms with E-state index in [1.165, 1.54) is 0 Å². The molecule has 0 unspecified atom stereocenters. The van der Waals surface area contributed by atoms with Gasteiger partial charge in [-0.15, -0.1) is 10.2 Å². The first-order chi connectivity index (χ1) is 10.1. The smallest absolute Gasteiger partial charge is 0.152 e. The topological polar surface area (TPSA) is 58.9 Å². The minimum atomic E-state index is 0.442. The second-order valence-corrected chi connectivity index (χ2v) is 5.95. The summed E-state index contributed by atoms with van der Waals surface area (Å²) < 4.78 is 2.06. The Labute approximate surface area is 129 Å². The van der Waals surface area contributed by atoms with Crippen LogP contribution < -0.4 is 10.2 Å². The van der Waals surface area contributed by atoms with Crippen LogP contribution in [0.25, 0.3) is 0 Å². The first-order valence-electron chi connectivity index (χ1n) is 7.13. The molecule has 21 heavy (non-hydrogen) atoms. The van der Waals surface area contributed by atoms with Crippen molar-refractivity contribution in [2.24, 2.45) is 0 Å². The van der Waals surface area contributed by atoms with Gasteiger partial charge in [0.25, 0.3) is 0 Å². The van der Waals surface area contributed by atoms with Crippen LogP contribution in [0.15, 0.2) is 18.6 Å². The van der Waals surface area contributed by atoms with Gasteiger partial charge in [-0.05, 0) is 11.6 Å². The number of hydrogen-bond acceptors (Lipinski definition) is 5. The van der Waals surface area contributed by atoms with Crippen LogP contribution in [-0.4, -0.2) is 32.3 Å². The van der Waals surface area contributed by atoms with Crippen molar-refractivity contribution in [3.63, 3.8) is 0 Å². The second-order valence-electron chi connectivity index (χ2n) is 5.55. The molecular formula is C14H19ClN6. The molecule has 0 aromatic carbocycles. The van der Waals surface area contributed by atoms with Gasteiger partial charge < -0.3 is 14.8 Å². The van der Waals surface area contributed by atoms with E-state index in [4.69, 9.17) is 11.6 Å². The molecule has 1 N–H and O–H groups in total. The number of fused-ring (bicyclic) bond motifs is 1. The van der Waals surface area contributed by atoms with Crippen LogP contribution in [0.3, 0.4) is 0 Å². The van der Waals surface area contributed by atoms with Gasteiger partial charge >= 0.3 is 0 Å². The Morgan fingerprint density at radius 3 is 3.00 bits per heavy atom. The molecule has 2 aromatic rings. The molecule has 0 bridgehead atoms. The number of nitrogens with one attached hydrogen (secondary N) is 1. The lowest BCUT2D eigenvalue weighted by molar-refractivity contribution is 0.555. The lowest BCUT2D eigenvalue weighted by atomic mass is 10.2. The minimum absolute atomic E-state index is 0.442. The van der Waals surface area contributed by atoms with Crippen molar-refractivity contribution >= 4 is 17.4 Å². The van der Waals surface area contributed by atoms with Gasteiger partial charge in [0.2, 0.25) is 0 Å². The van der Waals surface area contributed by atoms with Gasteiger partial charge in [0.05, 0.1) is 11.6 Å². The quantitative estimate of drug-likeness (QED) is 0.934. The third kappa shape index (κ3) is 3.16. The SMILES string of the molecule is CC(C)NCc1cnc(N2CCn3cnnc3C2)c(Cl)c1. The summed E-state index contributed by atoms with van der Waals surface area (Å²) in [5.41, 5.74) is 1.10. The van der Waals surface area contributed by atoms with Gasteiger partial charge in [0, 0.05) is 31.9 Å². The van der Waals surface area contributed by atoms with Crippen molar-refractivity contribution in [1.82, 2.24) is 25.1 Å². The van der Waals surface area contributed by atoms with Crippen LogP contribution in [-0.2, 0) is 19.6 Å². The standard InChI is InChI=1S/C14H19ClN6/c1-10(2)16-6-11-5-12(15)14(17-7-11)20-3-4-21-9-18-19-13(21)8-20/h5,7,9-10,16H,3-4,6,8H2,1-2H3. The Balaban J connectivity index is 1.74. The van der Waals surface area contributed by atoms with Gasteiger partial charge in [-0.25, -0.2) is 4.98 Å². The molecule has 7 heteroatoms. The van der Waals surface area contributed by atoms with Crippen LogP contribution in [0.2, 0.25) is 5.02 Å². The Morgan fingerprint density at radius 2 is 2.24 bits per heavy atom. The summed E-state index contributed by atoms with van der Waals surface area (Å²) in [6.07, 6.45) is 3.65. The highest BCUT2D eigenvalue weighted by atomic mass is 35.5. The van der Waals surface area contributed by atoms with Gasteiger partial charge in [-0.3, -0.25) is 0 Å². The molecule has 0 fully saturated rings. The number of aromatic nitrogens is 4. The minimum Gasteiger partial charge on any atom is -0.346 e. The Bertz CT molecular complexity index is 624. The van der Waals surface area contributed by atoms with Crippen LogP contribution >= 0.6 is 11.6 Å². The number of pyridine rings is 1. The fraction of sp³-hybridized carbons (Fsp3) is 0.500. The van der Waals surface area contributed by atoms with E-state index in [1.54, 1.807) is 6.33 Å². The Kier molecular flexibility index (Phi) is 4.07. The van der Waals surface area contributed by atoms with E-state index in [2.05, 4.69) is 43.8 Å². The average Bonchev–Trinajstić information content (AvgIpc) is 2.92. The number of rotatable bonds is 4. The third-order valence-corrected chi connectivity index (χ3v) is 3.81. The first-order valence-corrected chi connectivity index (χ1v) is 7.50. The lowest BCUT2D eigenvalue weighted by Gasteiger charge is -2.28. The molecule has 0 saturated heterocycles. The highest BCUT2D eigenvalue weighted by Crippen LogP contribution is 2.26. The molecule has 3 heterocycles. The molecule has 0 radical (unpaired) electrons. The largest absolute Gasteiger partial charge is 0.346 e. The van der Waals surface area contributed by atoms with Gasteiger partial charge in [0.15, 0.2) is 5.82 Å². The molecule has 1 aliphatic heterocycles. The zero-order chi connectivity index (χ0) is 14.8. The molecule has 2 aromatic heterocycles. The molecule has 1 aliphatic rings. The van der Waals surface area contributed by atoms with E-state index in [-0.39, 0.29) is 0 Å². The fourth-order valence-electron chi connectivity index (χ4n) is 2.37. The normalized spacial score (nSPS) is 14.6. The predicted octanol–water partition coefficient (Wildman–Crippen LogP) is 1.84. The van der Waals surface area contributed by atoms with Crippen LogP contribution in [0.4, 0.5) is 5.82 Å². The molecule has 3 rings (SSSR count). The summed E-state index contributed by atoms with van der Waals surface area (Å²) in [7, 11) is 0.